The number of rotatable bonds is 4. The van der Waals surface area contributed by atoms with E-state index >= 15 is 0 Å². The lowest BCUT2D eigenvalue weighted by Crippen LogP contribution is -2.14. The first-order valence-corrected chi connectivity index (χ1v) is 5.50. The van der Waals surface area contributed by atoms with Crippen LogP contribution in [0.2, 0.25) is 0 Å². The highest BCUT2D eigenvalue weighted by Crippen LogP contribution is 2.19. The summed E-state index contributed by atoms with van der Waals surface area (Å²) < 4.78 is 1.65. The van der Waals surface area contributed by atoms with Gasteiger partial charge in [0.15, 0.2) is 5.82 Å². The van der Waals surface area contributed by atoms with Crippen LogP contribution in [0.3, 0.4) is 0 Å². The number of hydrogen-bond acceptors (Lipinski definition) is 7. The molecule has 2 heterocycles. The molecule has 0 amide bonds. The Bertz CT molecular complexity index is 547. The normalized spacial score (nSPS) is 10.4. The second-order valence-corrected chi connectivity index (χ2v) is 3.93. The van der Waals surface area contributed by atoms with Crippen molar-refractivity contribution in [3.63, 3.8) is 0 Å². The minimum atomic E-state index is 0.502. The quantitative estimate of drug-likeness (QED) is 0.521. The summed E-state index contributed by atoms with van der Waals surface area (Å²) in [5.41, 5.74) is 3.41. The van der Waals surface area contributed by atoms with Crippen LogP contribution in [0.25, 0.3) is 0 Å². The molecule has 96 valence electrons. The molecule has 0 aliphatic carbocycles. The van der Waals surface area contributed by atoms with Crippen molar-refractivity contribution in [2.24, 2.45) is 12.9 Å². The summed E-state index contributed by atoms with van der Waals surface area (Å²) in [4.78, 5) is 12.6. The van der Waals surface area contributed by atoms with E-state index in [-0.39, 0.29) is 0 Å². The second kappa shape index (κ2) is 4.96. The molecule has 0 saturated heterocycles. The average Bonchev–Trinajstić information content (AvgIpc) is 2.75. The van der Waals surface area contributed by atoms with Gasteiger partial charge in [0, 0.05) is 12.6 Å². The number of aryl methyl sites for hydroxylation is 2. The minimum Gasteiger partial charge on any atom is -0.362 e. The Labute approximate surface area is 105 Å². The molecule has 18 heavy (non-hydrogen) atoms. The summed E-state index contributed by atoms with van der Waals surface area (Å²) in [5.74, 6) is 8.09. The largest absolute Gasteiger partial charge is 0.362 e. The molecule has 0 atom stereocenters. The topological polar surface area (TPSA) is 107 Å². The SMILES string of the molecule is Cc1nc(NN)c(C)c(NCc2ncn(C)n2)n1. The fourth-order valence-electron chi connectivity index (χ4n) is 1.57. The van der Waals surface area contributed by atoms with E-state index in [1.165, 1.54) is 0 Å². The van der Waals surface area contributed by atoms with E-state index in [2.05, 4.69) is 30.8 Å². The second-order valence-electron chi connectivity index (χ2n) is 3.93. The summed E-state index contributed by atoms with van der Waals surface area (Å²) in [6.45, 7) is 4.20. The van der Waals surface area contributed by atoms with E-state index in [1.807, 2.05) is 20.9 Å². The number of aromatic nitrogens is 5. The van der Waals surface area contributed by atoms with Gasteiger partial charge < -0.3 is 10.7 Å². The van der Waals surface area contributed by atoms with Crippen molar-refractivity contribution < 1.29 is 0 Å². The van der Waals surface area contributed by atoms with E-state index in [1.54, 1.807) is 11.0 Å². The summed E-state index contributed by atoms with van der Waals surface area (Å²) in [5, 5.41) is 7.35. The van der Waals surface area contributed by atoms with Crippen LogP contribution in [0.4, 0.5) is 11.6 Å². The van der Waals surface area contributed by atoms with Gasteiger partial charge in [-0.05, 0) is 13.8 Å². The van der Waals surface area contributed by atoms with Gasteiger partial charge in [-0.15, -0.1) is 0 Å². The number of anilines is 2. The molecule has 2 rings (SSSR count). The number of nitrogens with zero attached hydrogens (tertiary/aromatic N) is 5. The van der Waals surface area contributed by atoms with Gasteiger partial charge in [-0.3, -0.25) is 4.68 Å². The smallest absolute Gasteiger partial charge is 0.169 e. The van der Waals surface area contributed by atoms with Crippen molar-refractivity contribution >= 4 is 11.6 Å². The zero-order chi connectivity index (χ0) is 13.1. The molecule has 0 unspecified atom stereocenters. The Morgan fingerprint density at radius 3 is 2.61 bits per heavy atom. The predicted molar refractivity (Wildman–Crippen MR) is 67.6 cm³/mol. The molecule has 0 saturated carbocycles. The van der Waals surface area contributed by atoms with E-state index in [4.69, 9.17) is 5.84 Å². The number of hydrazine groups is 1. The van der Waals surface area contributed by atoms with Crippen LogP contribution >= 0.6 is 0 Å². The fourth-order valence-corrected chi connectivity index (χ4v) is 1.57. The number of nitrogen functional groups attached to an aromatic ring is 1. The molecule has 2 aromatic heterocycles. The highest BCUT2D eigenvalue weighted by molar-refractivity contribution is 5.56. The van der Waals surface area contributed by atoms with Gasteiger partial charge in [0.2, 0.25) is 0 Å². The van der Waals surface area contributed by atoms with Crippen LogP contribution < -0.4 is 16.6 Å². The van der Waals surface area contributed by atoms with Gasteiger partial charge in [0.25, 0.3) is 0 Å². The minimum absolute atomic E-state index is 0.502. The van der Waals surface area contributed by atoms with Crippen LogP contribution in [0.15, 0.2) is 6.33 Å². The summed E-state index contributed by atoms with van der Waals surface area (Å²) in [7, 11) is 1.83. The third-order valence-electron chi connectivity index (χ3n) is 2.46. The van der Waals surface area contributed by atoms with E-state index in [0.29, 0.717) is 24.0 Å². The van der Waals surface area contributed by atoms with Crippen LogP contribution in [0.5, 0.6) is 0 Å². The molecule has 0 aliphatic heterocycles. The standard InChI is InChI=1S/C10H16N8/c1-6-9(14-7(2)15-10(6)16-11)12-4-8-13-5-18(3)17-8/h5H,4,11H2,1-3H3,(H2,12,14,15,16). The summed E-state index contributed by atoms with van der Waals surface area (Å²) in [6, 6.07) is 0. The lowest BCUT2D eigenvalue weighted by Gasteiger charge is -2.11. The molecule has 0 fully saturated rings. The lowest BCUT2D eigenvalue weighted by atomic mass is 10.3. The molecule has 0 spiro atoms. The Kier molecular flexibility index (Phi) is 3.38. The van der Waals surface area contributed by atoms with Crippen molar-refractivity contribution in [3.8, 4) is 0 Å². The van der Waals surface area contributed by atoms with Crippen LogP contribution in [0, 0.1) is 13.8 Å². The number of nitrogens with two attached hydrogens (primary N) is 1. The average molecular weight is 248 g/mol. The van der Waals surface area contributed by atoms with E-state index < -0.39 is 0 Å². The molecule has 0 aromatic carbocycles. The summed E-state index contributed by atoms with van der Waals surface area (Å²) >= 11 is 0. The van der Waals surface area contributed by atoms with E-state index in [9.17, 15) is 0 Å². The first-order valence-electron chi connectivity index (χ1n) is 5.50. The Balaban J connectivity index is 2.16. The lowest BCUT2D eigenvalue weighted by molar-refractivity contribution is 0.746. The van der Waals surface area contributed by atoms with Gasteiger partial charge in [0.05, 0.1) is 6.54 Å². The third kappa shape index (κ3) is 2.54. The zero-order valence-corrected chi connectivity index (χ0v) is 10.6. The monoisotopic (exact) mass is 248 g/mol. The highest BCUT2D eigenvalue weighted by atomic mass is 15.3. The van der Waals surface area contributed by atoms with Gasteiger partial charge in [-0.25, -0.2) is 20.8 Å². The van der Waals surface area contributed by atoms with Crippen LogP contribution in [-0.2, 0) is 13.6 Å². The maximum absolute atomic E-state index is 5.40. The van der Waals surface area contributed by atoms with Gasteiger partial charge >= 0.3 is 0 Å². The molecule has 8 nitrogen and oxygen atoms in total. The maximum Gasteiger partial charge on any atom is 0.169 e. The van der Waals surface area contributed by atoms with Crippen molar-refractivity contribution in [2.75, 3.05) is 10.7 Å². The third-order valence-corrected chi connectivity index (χ3v) is 2.46. The fraction of sp³-hybridized carbons (Fsp3) is 0.400. The molecule has 0 aliphatic rings. The molecular formula is C10H16N8. The molecule has 8 heteroatoms. The molecule has 2 aromatic rings. The first kappa shape index (κ1) is 12.2. The van der Waals surface area contributed by atoms with E-state index in [0.717, 1.165) is 11.4 Å². The Morgan fingerprint density at radius 2 is 2.00 bits per heavy atom. The number of hydrogen-bond donors (Lipinski definition) is 3. The molecule has 0 radical (unpaired) electrons. The molecule has 4 N–H and O–H groups in total. The van der Waals surface area contributed by atoms with Crippen molar-refractivity contribution in [3.05, 3.63) is 23.5 Å². The Morgan fingerprint density at radius 1 is 1.28 bits per heavy atom. The molecule has 0 bridgehead atoms. The van der Waals surface area contributed by atoms with Crippen LogP contribution in [-0.4, -0.2) is 24.7 Å². The zero-order valence-electron chi connectivity index (χ0n) is 10.6. The first-order chi connectivity index (χ1) is 8.60. The van der Waals surface area contributed by atoms with Crippen molar-refractivity contribution in [2.45, 2.75) is 20.4 Å². The van der Waals surface area contributed by atoms with Gasteiger partial charge in [0.1, 0.15) is 23.8 Å². The van der Waals surface area contributed by atoms with Crippen molar-refractivity contribution in [1.82, 2.24) is 24.7 Å². The highest BCUT2D eigenvalue weighted by Gasteiger charge is 2.08. The van der Waals surface area contributed by atoms with Gasteiger partial charge in [-0.2, -0.15) is 5.10 Å². The maximum atomic E-state index is 5.40. The van der Waals surface area contributed by atoms with Crippen molar-refractivity contribution in [1.29, 1.82) is 0 Å². The Hall–Kier alpha value is -2.22. The predicted octanol–water partition coefficient (Wildman–Crippen LogP) is 0.120. The number of nitrogens with one attached hydrogen (secondary N) is 2. The summed E-state index contributed by atoms with van der Waals surface area (Å²) in [6.07, 6.45) is 1.65. The van der Waals surface area contributed by atoms with Crippen LogP contribution in [0.1, 0.15) is 17.2 Å². The molecular weight excluding hydrogens is 232 g/mol. The van der Waals surface area contributed by atoms with Gasteiger partial charge in [-0.1, -0.05) is 0 Å².